The molecule has 0 bridgehead atoms. The molecule has 0 aliphatic heterocycles. The number of rotatable bonds is 10. The lowest BCUT2D eigenvalue weighted by molar-refractivity contribution is -0.127. The second-order valence-corrected chi connectivity index (χ2v) is 9.85. The number of primary amides is 1. The summed E-state index contributed by atoms with van der Waals surface area (Å²) in [6, 6.07) is 8.39. The average Bonchev–Trinajstić information content (AvgIpc) is 2.78. The van der Waals surface area contributed by atoms with Crippen molar-refractivity contribution in [3.8, 4) is 0 Å². The quantitative estimate of drug-likeness (QED) is 0.230. The number of amides is 2. The Hall–Kier alpha value is -3.32. The molecule has 0 aliphatic rings. The smallest absolute Gasteiger partial charge is 0.243 e. The Labute approximate surface area is 201 Å². The van der Waals surface area contributed by atoms with Crippen LogP contribution in [-0.2, 0) is 19.6 Å². The Balaban J connectivity index is 1.96. The van der Waals surface area contributed by atoms with Crippen LogP contribution >= 0.6 is 0 Å². The van der Waals surface area contributed by atoms with E-state index in [0.29, 0.717) is 0 Å². The van der Waals surface area contributed by atoms with E-state index in [1.54, 1.807) is 13.8 Å². The van der Waals surface area contributed by atoms with Crippen LogP contribution in [0.1, 0.15) is 38.4 Å². The first-order valence-electron chi connectivity index (χ1n) is 10.9. The topological polar surface area (TPSA) is 180 Å². The predicted octanol–water partition coefficient (Wildman–Crippen LogP) is 0.710. The van der Waals surface area contributed by atoms with Gasteiger partial charge in [-0.25, -0.2) is 8.42 Å². The summed E-state index contributed by atoms with van der Waals surface area (Å²) in [4.78, 5) is 36.0. The molecule has 0 saturated carbocycles. The molecule has 2 atom stereocenters. The monoisotopic (exact) mass is 505 g/mol. The predicted molar refractivity (Wildman–Crippen MR) is 128 cm³/mol. The van der Waals surface area contributed by atoms with Gasteiger partial charge in [0.15, 0.2) is 0 Å². The second-order valence-electron chi connectivity index (χ2n) is 7.91. The third-order valence-corrected chi connectivity index (χ3v) is 7.54. The van der Waals surface area contributed by atoms with Gasteiger partial charge in [-0.2, -0.15) is 4.31 Å². The zero-order valence-corrected chi connectivity index (χ0v) is 20.0. The van der Waals surface area contributed by atoms with E-state index in [1.165, 1.54) is 40.7 Å². The Bertz CT molecular complexity index is 1430. The number of fused-ring (bicyclic) bond motifs is 2. The number of carbonyl (C=O) groups excluding carboxylic acids is 2. The van der Waals surface area contributed by atoms with Crippen LogP contribution in [0.3, 0.4) is 0 Å². The fourth-order valence-electron chi connectivity index (χ4n) is 3.71. The molecule has 0 saturated heterocycles. The maximum absolute atomic E-state index is 13.2. The van der Waals surface area contributed by atoms with Crippen LogP contribution in [0.2, 0.25) is 0 Å². The standard InChI is InChI=1S/C23H27N3O8S/c1-3-26(4-2)35(32,33)14-6-8-19-16(10-14)23(31)15-9-13(5-7-18(15)34-19)17(27)11-21(29)25-22(30)12-20(24)28/h5-10,17,22,27,30H,3-4,11-12H2,1-2H3,(H2,24,28)(H,25,29). The van der Waals surface area contributed by atoms with Gasteiger partial charge in [-0.15, -0.1) is 0 Å². The van der Waals surface area contributed by atoms with E-state index >= 15 is 0 Å². The summed E-state index contributed by atoms with van der Waals surface area (Å²) in [5, 5.41) is 22.3. The molecule has 2 unspecified atom stereocenters. The number of hydrogen-bond donors (Lipinski definition) is 4. The van der Waals surface area contributed by atoms with Crippen molar-refractivity contribution in [1.29, 1.82) is 0 Å². The summed E-state index contributed by atoms with van der Waals surface area (Å²) in [5.74, 6) is -1.54. The summed E-state index contributed by atoms with van der Waals surface area (Å²) in [6.45, 7) is 3.99. The average molecular weight is 506 g/mol. The molecule has 12 heteroatoms. The van der Waals surface area contributed by atoms with E-state index in [1.807, 2.05) is 0 Å². The third kappa shape index (κ3) is 5.68. The highest BCUT2D eigenvalue weighted by molar-refractivity contribution is 7.89. The minimum Gasteiger partial charge on any atom is -0.456 e. The van der Waals surface area contributed by atoms with Gasteiger partial charge in [0.05, 0.1) is 34.6 Å². The molecule has 0 aliphatic carbocycles. The number of benzene rings is 2. The Morgan fingerprint density at radius 1 is 1.03 bits per heavy atom. The van der Waals surface area contributed by atoms with Crippen molar-refractivity contribution < 1.29 is 32.6 Å². The van der Waals surface area contributed by atoms with E-state index in [9.17, 15) is 33.0 Å². The lowest BCUT2D eigenvalue weighted by atomic mass is 10.0. The number of sulfonamides is 1. The van der Waals surface area contributed by atoms with Gasteiger partial charge in [-0.3, -0.25) is 14.4 Å². The molecule has 5 N–H and O–H groups in total. The highest BCUT2D eigenvalue weighted by Gasteiger charge is 2.23. The molecular weight excluding hydrogens is 478 g/mol. The van der Waals surface area contributed by atoms with Crippen LogP contribution in [0.5, 0.6) is 0 Å². The lowest BCUT2D eigenvalue weighted by Gasteiger charge is -2.18. The van der Waals surface area contributed by atoms with Crippen LogP contribution in [0.25, 0.3) is 21.9 Å². The molecule has 2 amide bonds. The molecule has 1 aromatic heterocycles. The molecule has 0 spiro atoms. The van der Waals surface area contributed by atoms with E-state index in [-0.39, 0.29) is 45.5 Å². The summed E-state index contributed by atoms with van der Waals surface area (Å²) in [6.07, 6.45) is -3.74. The third-order valence-electron chi connectivity index (χ3n) is 5.49. The summed E-state index contributed by atoms with van der Waals surface area (Å²) in [5.41, 5.74) is 5.12. The largest absolute Gasteiger partial charge is 0.456 e. The van der Waals surface area contributed by atoms with Crippen LogP contribution in [0.4, 0.5) is 0 Å². The fraction of sp³-hybridized carbons (Fsp3) is 0.348. The first kappa shape index (κ1) is 26.3. The second kappa shape index (κ2) is 10.5. The minimum absolute atomic E-state index is 0.0391. The Kier molecular flexibility index (Phi) is 7.90. The van der Waals surface area contributed by atoms with Crippen molar-refractivity contribution in [2.75, 3.05) is 13.1 Å². The molecule has 3 aromatic rings. The first-order valence-corrected chi connectivity index (χ1v) is 12.4. The molecule has 11 nitrogen and oxygen atoms in total. The molecule has 3 rings (SSSR count). The fourth-order valence-corrected chi connectivity index (χ4v) is 5.20. The van der Waals surface area contributed by atoms with E-state index in [0.717, 1.165) is 0 Å². The molecule has 188 valence electrons. The minimum atomic E-state index is -3.80. The number of aliphatic hydroxyl groups is 2. The molecule has 2 aromatic carbocycles. The van der Waals surface area contributed by atoms with Crippen molar-refractivity contribution in [3.05, 3.63) is 52.2 Å². The highest BCUT2D eigenvalue weighted by atomic mass is 32.2. The lowest BCUT2D eigenvalue weighted by Crippen LogP contribution is -2.38. The van der Waals surface area contributed by atoms with Gasteiger partial charge in [0, 0.05) is 13.1 Å². The van der Waals surface area contributed by atoms with E-state index in [4.69, 9.17) is 10.2 Å². The van der Waals surface area contributed by atoms with Gasteiger partial charge in [0.2, 0.25) is 27.3 Å². The zero-order chi connectivity index (χ0) is 25.9. The van der Waals surface area contributed by atoms with Crippen molar-refractivity contribution in [2.24, 2.45) is 5.73 Å². The number of carbonyl (C=O) groups is 2. The maximum Gasteiger partial charge on any atom is 0.243 e. The van der Waals surface area contributed by atoms with Crippen molar-refractivity contribution in [2.45, 2.75) is 43.9 Å². The first-order chi connectivity index (χ1) is 16.5. The molecule has 35 heavy (non-hydrogen) atoms. The van der Waals surface area contributed by atoms with Gasteiger partial charge in [0.1, 0.15) is 17.4 Å². The normalized spacial score (nSPS) is 13.7. The van der Waals surface area contributed by atoms with Crippen LogP contribution < -0.4 is 16.5 Å². The SMILES string of the molecule is CCN(CC)S(=O)(=O)c1ccc2oc3ccc(C(O)CC(=O)NC(O)CC(N)=O)cc3c(=O)c2c1. The molecule has 1 heterocycles. The number of hydrogen-bond acceptors (Lipinski definition) is 8. The highest BCUT2D eigenvalue weighted by Crippen LogP contribution is 2.26. The van der Waals surface area contributed by atoms with Crippen LogP contribution in [0.15, 0.2) is 50.5 Å². The molecular formula is C23H27N3O8S. The van der Waals surface area contributed by atoms with Gasteiger partial charge < -0.3 is 25.7 Å². The van der Waals surface area contributed by atoms with Crippen molar-refractivity contribution in [3.63, 3.8) is 0 Å². The van der Waals surface area contributed by atoms with Crippen molar-refractivity contribution in [1.82, 2.24) is 9.62 Å². The Morgan fingerprint density at radius 3 is 2.23 bits per heavy atom. The maximum atomic E-state index is 13.2. The van der Waals surface area contributed by atoms with Crippen LogP contribution in [0, 0.1) is 0 Å². The number of nitrogens with one attached hydrogen (secondary N) is 1. The van der Waals surface area contributed by atoms with Gasteiger partial charge >= 0.3 is 0 Å². The number of nitrogens with zero attached hydrogens (tertiary/aromatic N) is 1. The van der Waals surface area contributed by atoms with Crippen molar-refractivity contribution >= 4 is 43.8 Å². The van der Waals surface area contributed by atoms with Gasteiger partial charge in [-0.1, -0.05) is 19.9 Å². The molecule has 0 radical (unpaired) electrons. The van der Waals surface area contributed by atoms with Gasteiger partial charge in [-0.05, 0) is 35.9 Å². The van der Waals surface area contributed by atoms with Crippen LogP contribution in [-0.4, -0.2) is 54.1 Å². The zero-order valence-electron chi connectivity index (χ0n) is 19.2. The summed E-state index contributed by atoms with van der Waals surface area (Å²) < 4.78 is 32.8. The van der Waals surface area contributed by atoms with E-state index in [2.05, 4.69) is 5.32 Å². The summed E-state index contributed by atoms with van der Waals surface area (Å²) in [7, 11) is -3.80. The van der Waals surface area contributed by atoms with Gasteiger partial charge in [0.25, 0.3) is 0 Å². The molecule has 0 fully saturated rings. The van der Waals surface area contributed by atoms with E-state index < -0.39 is 52.4 Å². The summed E-state index contributed by atoms with van der Waals surface area (Å²) >= 11 is 0. The number of nitrogens with two attached hydrogens (primary N) is 1. The number of aliphatic hydroxyl groups excluding tert-OH is 2. The Morgan fingerprint density at radius 2 is 1.63 bits per heavy atom.